The van der Waals surface area contributed by atoms with Crippen LogP contribution in [0.15, 0.2) is 41.4 Å². The summed E-state index contributed by atoms with van der Waals surface area (Å²) >= 11 is 0. The van der Waals surface area contributed by atoms with E-state index in [2.05, 4.69) is 4.98 Å². The quantitative estimate of drug-likeness (QED) is 0.586. The van der Waals surface area contributed by atoms with E-state index in [-0.39, 0.29) is 23.2 Å². The lowest BCUT2D eigenvalue weighted by atomic mass is 10.2. The van der Waals surface area contributed by atoms with Crippen molar-refractivity contribution in [3.05, 3.63) is 57.8 Å². The maximum absolute atomic E-state index is 12.9. The molecule has 1 aliphatic heterocycles. The Labute approximate surface area is 151 Å². The third kappa shape index (κ3) is 3.68. The molecule has 8 nitrogen and oxygen atoms in total. The van der Waals surface area contributed by atoms with Crippen molar-refractivity contribution in [3.63, 3.8) is 0 Å². The van der Waals surface area contributed by atoms with Crippen LogP contribution in [0.3, 0.4) is 0 Å². The van der Waals surface area contributed by atoms with Crippen LogP contribution >= 0.6 is 0 Å². The molecule has 0 spiro atoms. The van der Waals surface area contributed by atoms with Crippen LogP contribution in [0.2, 0.25) is 0 Å². The second-order valence-electron chi connectivity index (χ2n) is 6.27. The first-order valence-corrected chi connectivity index (χ1v) is 9.56. The second-order valence-corrected chi connectivity index (χ2v) is 8.18. The number of hydrogen-bond acceptors (Lipinski definition) is 6. The van der Waals surface area contributed by atoms with Crippen molar-refractivity contribution in [2.75, 3.05) is 13.1 Å². The maximum atomic E-state index is 12.9. The zero-order valence-corrected chi connectivity index (χ0v) is 15.3. The van der Waals surface area contributed by atoms with Gasteiger partial charge in [-0.1, -0.05) is 12.1 Å². The van der Waals surface area contributed by atoms with Crippen molar-refractivity contribution in [2.24, 2.45) is 0 Å². The summed E-state index contributed by atoms with van der Waals surface area (Å²) in [5.74, 6) is 0.450. The molecule has 3 rings (SSSR count). The van der Waals surface area contributed by atoms with Crippen LogP contribution in [-0.2, 0) is 10.0 Å². The van der Waals surface area contributed by atoms with Gasteiger partial charge in [0.25, 0.3) is 5.69 Å². The van der Waals surface area contributed by atoms with E-state index in [0.717, 1.165) is 11.6 Å². The summed E-state index contributed by atoms with van der Waals surface area (Å²) in [4.78, 5) is 14.5. The van der Waals surface area contributed by atoms with Gasteiger partial charge in [0, 0.05) is 30.9 Å². The van der Waals surface area contributed by atoms with Gasteiger partial charge in [0.05, 0.1) is 16.4 Å². The lowest BCUT2D eigenvalue weighted by Crippen LogP contribution is -2.31. The van der Waals surface area contributed by atoms with E-state index in [4.69, 9.17) is 4.74 Å². The molecule has 0 amide bonds. The number of benzene rings is 1. The van der Waals surface area contributed by atoms with E-state index in [1.807, 2.05) is 13.0 Å². The number of rotatable bonds is 5. The monoisotopic (exact) mass is 377 g/mol. The molecule has 2 heterocycles. The molecule has 1 unspecified atom stereocenters. The Bertz CT molecular complexity index is 928. The van der Waals surface area contributed by atoms with Crippen LogP contribution in [0.5, 0.6) is 5.88 Å². The van der Waals surface area contributed by atoms with Crippen molar-refractivity contribution < 1.29 is 18.1 Å². The molecule has 26 heavy (non-hydrogen) atoms. The van der Waals surface area contributed by atoms with Crippen molar-refractivity contribution >= 4 is 15.7 Å². The highest BCUT2D eigenvalue weighted by molar-refractivity contribution is 7.89. The second kappa shape index (κ2) is 7.00. The number of nitro groups is 1. The molecule has 1 fully saturated rings. The summed E-state index contributed by atoms with van der Waals surface area (Å²) in [5, 5.41) is 11.0. The Morgan fingerprint density at radius 2 is 2.04 bits per heavy atom. The molecule has 138 valence electrons. The summed E-state index contributed by atoms with van der Waals surface area (Å²) in [7, 11) is -3.83. The number of aryl methyl sites for hydroxylation is 2. The molecule has 1 aromatic carbocycles. The molecule has 1 aliphatic rings. The number of hydrogen-bond donors (Lipinski definition) is 0. The largest absolute Gasteiger partial charge is 0.473 e. The molecule has 0 bridgehead atoms. The predicted octanol–water partition coefficient (Wildman–Crippen LogP) is 2.45. The van der Waals surface area contributed by atoms with Crippen LogP contribution in [0.25, 0.3) is 0 Å². The minimum atomic E-state index is -3.83. The summed E-state index contributed by atoms with van der Waals surface area (Å²) in [6, 6.07) is 7.48. The van der Waals surface area contributed by atoms with Crippen molar-refractivity contribution in [1.82, 2.24) is 9.29 Å². The normalized spacial score (nSPS) is 18.0. The van der Waals surface area contributed by atoms with Gasteiger partial charge in [-0.15, -0.1) is 0 Å². The highest BCUT2D eigenvalue weighted by Crippen LogP contribution is 2.28. The minimum absolute atomic E-state index is 0.0409. The molecule has 0 saturated carbocycles. The topological polar surface area (TPSA) is 103 Å². The van der Waals surface area contributed by atoms with Gasteiger partial charge in [0.2, 0.25) is 15.9 Å². The van der Waals surface area contributed by atoms with Gasteiger partial charge in [-0.05, 0) is 31.4 Å². The number of pyridine rings is 1. The lowest BCUT2D eigenvalue weighted by Gasteiger charge is -2.18. The van der Waals surface area contributed by atoms with E-state index in [9.17, 15) is 18.5 Å². The summed E-state index contributed by atoms with van der Waals surface area (Å²) < 4.78 is 32.9. The summed E-state index contributed by atoms with van der Waals surface area (Å²) in [5.41, 5.74) is 1.24. The molecule has 2 aromatic rings. The van der Waals surface area contributed by atoms with E-state index >= 15 is 0 Å². The smallest absolute Gasteiger partial charge is 0.270 e. The van der Waals surface area contributed by atoms with Gasteiger partial charge in [0.15, 0.2) is 0 Å². The first-order valence-electron chi connectivity index (χ1n) is 8.12. The Morgan fingerprint density at radius 3 is 2.69 bits per heavy atom. The van der Waals surface area contributed by atoms with E-state index in [1.165, 1.54) is 16.4 Å². The number of nitro benzene ring substituents is 1. The van der Waals surface area contributed by atoms with Gasteiger partial charge in [-0.25, -0.2) is 13.4 Å². The molecule has 1 atom stereocenters. The van der Waals surface area contributed by atoms with Gasteiger partial charge in [-0.2, -0.15) is 4.31 Å². The van der Waals surface area contributed by atoms with Crippen LogP contribution in [0.4, 0.5) is 5.69 Å². The fourth-order valence-electron chi connectivity index (χ4n) is 2.83. The van der Waals surface area contributed by atoms with Gasteiger partial charge in [0.1, 0.15) is 6.10 Å². The first-order chi connectivity index (χ1) is 12.3. The lowest BCUT2D eigenvalue weighted by molar-refractivity contribution is -0.385. The Morgan fingerprint density at radius 1 is 1.27 bits per heavy atom. The number of nitrogens with zero attached hydrogens (tertiary/aromatic N) is 3. The number of non-ortho nitro benzene ring substituents is 1. The van der Waals surface area contributed by atoms with Crippen molar-refractivity contribution in [1.29, 1.82) is 0 Å². The zero-order valence-electron chi connectivity index (χ0n) is 14.5. The van der Waals surface area contributed by atoms with Gasteiger partial charge < -0.3 is 4.74 Å². The van der Waals surface area contributed by atoms with Crippen LogP contribution < -0.4 is 4.74 Å². The maximum Gasteiger partial charge on any atom is 0.270 e. The Hall–Kier alpha value is -2.52. The summed E-state index contributed by atoms with van der Waals surface area (Å²) in [6.07, 6.45) is 1.91. The fraction of sp³-hybridized carbons (Fsp3) is 0.353. The Kier molecular flexibility index (Phi) is 4.92. The van der Waals surface area contributed by atoms with Gasteiger partial charge in [-0.3, -0.25) is 10.1 Å². The third-order valence-corrected chi connectivity index (χ3v) is 6.29. The number of ether oxygens (including phenoxy) is 1. The highest BCUT2D eigenvalue weighted by Gasteiger charge is 2.35. The molecule has 0 radical (unpaired) electrons. The molecule has 1 saturated heterocycles. The SMILES string of the molecule is Cc1ccc(OC2CCN(S(=O)(=O)c3cc([N+](=O)[O-])ccc3C)C2)nc1. The minimum Gasteiger partial charge on any atom is -0.473 e. The van der Waals surface area contributed by atoms with Crippen LogP contribution in [0.1, 0.15) is 17.5 Å². The highest BCUT2D eigenvalue weighted by atomic mass is 32.2. The Balaban J connectivity index is 1.78. The summed E-state index contributed by atoms with van der Waals surface area (Å²) in [6.45, 7) is 4.01. The molecular formula is C17H19N3O5S. The third-order valence-electron chi connectivity index (χ3n) is 4.28. The van der Waals surface area contributed by atoms with Gasteiger partial charge >= 0.3 is 0 Å². The molecule has 0 aliphatic carbocycles. The molecule has 1 aromatic heterocycles. The predicted molar refractivity (Wildman–Crippen MR) is 94.6 cm³/mol. The number of aromatic nitrogens is 1. The zero-order chi connectivity index (χ0) is 18.9. The van der Waals surface area contributed by atoms with Crippen molar-refractivity contribution in [3.8, 4) is 5.88 Å². The van der Waals surface area contributed by atoms with E-state index < -0.39 is 14.9 Å². The molecular weight excluding hydrogens is 358 g/mol. The molecule has 9 heteroatoms. The van der Waals surface area contributed by atoms with Crippen molar-refractivity contribution in [2.45, 2.75) is 31.3 Å². The van der Waals surface area contributed by atoms with Crippen LogP contribution in [-0.4, -0.2) is 41.8 Å². The molecule has 0 N–H and O–H groups in total. The average molecular weight is 377 g/mol. The van der Waals surface area contributed by atoms with E-state index in [0.29, 0.717) is 24.4 Å². The number of sulfonamides is 1. The fourth-order valence-corrected chi connectivity index (χ4v) is 4.56. The standard InChI is InChI=1S/C17H19N3O5S/c1-12-3-6-17(18-10-12)25-15-7-8-19(11-15)26(23,24)16-9-14(20(21)22)5-4-13(16)2/h3-6,9-10,15H,7-8,11H2,1-2H3. The van der Waals surface area contributed by atoms with E-state index in [1.54, 1.807) is 19.2 Å². The first kappa shape index (κ1) is 18.3. The average Bonchev–Trinajstić information content (AvgIpc) is 3.06. The van der Waals surface area contributed by atoms with Crippen LogP contribution in [0, 0.1) is 24.0 Å².